The molecule has 39 heavy (non-hydrogen) atoms. The first-order chi connectivity index (χ1) is 19.4. The summed E-state index contributed by atoms with van der Waals surface area (Å²) < 4.78 is 11.1. The van der Waals surface area contributed by atoms with Gasteiger partial charge in [-0.05, 0) is 53.9 Å². The maximum Gasteiger partial charge on any atom is 0.135 e. The Balaban J connectivity index is 1.49. The molecular formula is C36H20N2O. The van der Waals surface area contributed by atoms with E-state index in [1.165, 1.54) is 59.9 Å². The SMILES string of the molecule is c1ccc2c(c1)oc1ccc(-n3c4cccc5c6ccccc6n6c7ccccc7c7ccc3c(c54)c76)cc12. The molecule has 10 aromatic rings. The average Bonchev–Trinajstić information content (AvgIpc) is 3.61. The van der Waals surface area contributed by atoms with Crippen molar-refractivity contribution in [1.29, 1.82) is 0 Å². The highest BCUT2D eigenvalue weighted by Gasteiger charge is 2.23. The first-order valence-electron chi connectivity index (χ1n) is 13.4. The Kier molecular flexibility index (Phi) is 3.44. The molecule has 0 saturated heterocycles. The molecule has 0 aliphatic rings. The molecular weight excluding hydrogens is 476 g/mol. The molecule has 4 aromatic heterocycles. The van der Waals surface area contributed by atoms with Crippen molar-refractivity contribution in [3.8, 4) is 5.69 Å². The molecule has 0 amide bonds. The van der Waals surface area contributed by atoms with E-state index in [1.54, 1.807) is 0 Å². The molecule has 0 aliphatic carbocycles. The van der Waals surface area contributed by atoms with Gasteiger partial charge in [0.05, 0.1) is 27.6 Å². The van der Waals surface area contributed by atoms with Crippen molar-refractivity contribution < 1.29 is 4.42 Å². The largest absolute Gasteiger partial charge is 0.456 e. The van der Waals surface area contributed by atoms with E-state index >= 15 is 0 Å². The summed E-state index contributed by atoms with van der Waals surface area (Å²) in [4.78, 5) is 0. The molecule has 0 unspecified atom stereocenters. The molecule has 3 heteroatoms. The van der Waals surface area contributed by atoms with Crippen LogP contribution in [-0.2, 0) is 0 Å². The summed E-state index contributed by atoms with van der Waals surface area (Å²) in [5, 5.41) is 10.0. The van der Waals surface area contributed by atoms with Gasteiger partial charge in [0.1, 0.15) is 11.2 Å². The topological polar surface area (TPSA) is 22.5 Å². The maximum atomic E-state index is 6.16. The second kappa shape index (κ2) is 6.77. The van der Waals surface area contributed by atoms with Crippen molar-refractivity contribution >= 4 is 81.8 Å². The number of para-hydroxylation sites is 3. The zero-order valence-corrected chi connectivity index (χ0v) is 20.8. The fourth-order valence-corrected chi connectivity index (χ4v) is 7.10. The van der Waals surface area contributed by atoms with Gasteiger partial charge in [0.25, 0.3) is 0 Å². The van der Waals surface area contributed by atoms with Crippen molar-refractivity contribution in [2.45, 2.75) is 0 Å². The predicted octanol–water partition coefficient (Wildman–Crippen LogP) is 9.83. The summed E-state index contributed by atoms with van der Waals surface area (Å²) >= 11 is 0. The smallest absolute Gasteiger partial charge is 0.135 e. The average molecular weight is 497 g/mol. The van der Waals surface area contributed by atoms with E-state index in [9.17, 15) is 0 Å². The van der Waals surface area contributed by atoms with E-state index in [2.05, 4.69) is 118 Å². The summed E-state index contributed by atoms with van der Waals surface area (Å²) in [6.07, 6.45) is 0. The predicted molar refractivity (Wildman–Crippen MR) is 163 cm³/mol. The lowest BCUT2D eigenvalue weighted by molar-refractivity contribution is 0.669. The van der Waals surface area contributed by atoms with Gasteiger partial charge in [-0.1, -0.05) is 72.8 Å². The summed E-state index contributed by atoms with van der Waals surface area (Å²) in [5.74, 6) is 0. The van der Waals surface area contributed by atoms with Crippen LogP contribution in [0.4, 0.5) is 0 Å². The van der Waals surface area contributed by atoms with Crippen molar-refractivity contribution in [2.24, 2.45) is 0 Å². The summed E-state index contributed by atoms with van der Waals surface area (Å²) in [5.41, 5.74) is 9.17. The Morgan fingerprint density at radius 2 is 1.05 bits per heavy atom. The van der Waals surface area contributed by atoms with E-state index in [-0.39, 0.29) is 0 Å². The van der Waals surface area contributed by atoms with Crippen LogP contribution in [0.1, 0.15) is 0 Å². The Hall–Kier alpha value is -5.28. The molecule has 0 saturated carbocycles. The number of fused-ring (bicyclic) bond motifs is 9. The minimum absolute atomic E-state index is 0.916. The molecule has 0 N–H and O–H groups in total. The van der Waals surface area contributed by atoms with Crippen LogP contribution in [0.3, 0.4) is 0 Å². The molecule has 0 aliphatic heterocycles. The number of rotatable bonds is 1. The van der Waals surface area contributed by atoms with Crippen LogP contribution in [0.25, 0.3) is 87.5 Å². The molecule has 0 radical (unpaired) electrons. The first kappa shape index (κ1) is 19.8. The van der Waals surface area contributed by atoms with E-state index < -0.39 is 0 Å². The van der Waals surface area contributed by atoms with Crippen molar-refractivity contribution in [1.82, 2.24) is 8.97 Å². The third-order valence-electron chi connectivity index (χ3n) is 8.64. The first-order valence-corrected chi connectivity index (χ1v) is 13.4. The van der Waals surface area contributed by atoms with Gasteiger partial charge in [0.15, 0.2) is 0 Å². The van der Waals surface area contributed by atoms with Crippen LogP contribution in [0, 0.1) is 0 Å². The quantitative estimate of drug-likeness (QED) is 0.222. The third kappa shape index (κ3) is 2.31. The van der Waals surface area contributed by atoms with Gasteiger partial charge in [-0.15, -0.1) is 0 Å². The van der Waals surface area contributed by atoms with Crippen molar-refractivity contribution in [3.63, 3.8) is 0 Å². The fourth-order valence-electron chi connectivity index (χ4n) is 7.10. The lowest BCUT2D eigenvalue weighted by Crippen LogP contribution is -1.94. The second-order valence-corrected chi connectivity index (χ2v) is 10.5. The Bertz CT molecular complexity index is 2610. The van der Waals surface area contributed by atoms with Crippen LogP contribution >= 0.6 is 0 Å². The highest BCUT2D eigenvalue weighted by Crippen LogP contribution is 2.45. The van der Waals surface area contributed by atoms with E-state index in [0.29, 0.717) is 0 Å². The molecule has 180 valence electrons. The van der Waals surface area contributed by atoms with Gasteiger partial charge >= 0.3 is 0 Å². The summed E-state index contributed by atoms with van der Waals surface area (Å²) in [7, 11) is 0. The summed E-state index contributed by atoms with van der Waals surface area (Å²) in [6.45, 7) is 0. The number of hydrogen-bond acceptors (Lipinski definition) is 1. The van der Waals surface area contributed by atoms with E-state index in [1.807, 2.05) is 12.1 Å². The zero-order valence-electron chi connectivity index (χ0n) is 20.8. The molecule has 0 fully saturated rings. The minimum Gasteiger partial charge on any atom is -0.456 e. The Morgan fingerprint density at radius 3 is 1.90 bits per heavy atom. The molecule has 0 atom stereocenters. The second-order valence-electron chi connectivity index (χ2n) is 10.5. The van der Waals surface area contributed by atoms with Crippen molar-refractivity contribution in [3.05, 3.63) is 121 Å². The Labute approximate surface area is 222 Å². The minimum atomic E-state index is 0.916. The van der Waals surface area contributed by atoms with E-state index in [0.717, 1.165) is 27.6 Å². The normalized spacial score (nSPS) is 12.6. The van der Waals surface area contributed by atoms with Crippen LogP contribution < -0.4 is 0 Å². The summed E-state index contributed by atoms with van der Waals surface area (Å²) in [6, 6.07) is 43.9. The van der Waals surface area contributed by atoms with Crippen LogP contribution in [0.2, 0.25) is 0 Å². The standard InChI is InChI=1S/C36H20N2O/c1-4-12-28-22(8-1)25-11-7-14-30-34(25)35-31(18-17-26-23-9-2-5-13-29(23)38(28)36(26)35)37(30)21-16-19-33-27(20-21)24-10-3-6-15-32(24)39-33/h1-20H. The van der Waals surface area contributed by atoms with Gasteiger partial charge in [-0.25, -0.2) is 0 Å². The highest BCUT2D eigenvalue weighted by atomic mass is 16.3. The van der Waals surface area contributed by atoms with Crippen LogP contribution in [-0.4, -0.2) is 8.97 Å². The fraction of sp³-hybridized carbons (Fsp3) is 0. The molecule has 10 rings (SSSR count). The van der Waals surface area contributed by atoms with Gasteiger partial charge in [0, 0.05) is 43.4 Å². The number of nitrogens with zero attached hydrogens (tertiary/aromatic N) is 2. The van der Waals surface area contributed by atoms with Crippen LogP contribution in [0.15, 0.2) is 126 Å². The lowest BCUT2D eigenvalue weighted by Gasteiger charge is -2.09. The molecule has 0 bridgehead atoms. The maximum absolute atomic E-state index is 6.16. The molecule has 4 heterocycles. The third-order valence-corrected chi connectivity index (χ3v) is 8.64. The molecule has 0 spiro atoms. The zero-order chi connectivity index (χ0) is 25.2. The van der Waals surface area contributed by atoms with Gasteiger partial charge in [-0.3, -0.25) is 0 Å². The van der Waals surface area contributed by atoms with Gasteiger partial charge < -0.3 is 13.4 Å². The van der Waals surface area contributed by atoms with Crippen LogP contribution in [0.5, 0.6) is 0 Å². The number of benzene rings is 6. The number of furan rings is 1. The lowest BCUT2D eigenvalue weighted by atomic mass is 10.0. The van der Waals surface area contributed by atoms with Gasteiger partial charge in [0.2, 0.25) is 0 Å². The molecule has 6 aromatic carbocycles. The molecule has 3 nitrogen and oxygen atoms in total. The number of aromatic nitrogens is 2. The monoisotopic (exact) mass is 496 g/mol. The van der Waals surface area contributed by atoms with E-state index in [4.69, 9.17) is 4.42 Å². The highest BCUT2D eigenvalue weighted by molar-refractivity contribution is 6.33. The number of hydrogen-bond donors (Lipinski definition) is 0. The Morgan fingerprint density at radius 1 is 0.410 bits per heavy atom. The van der Waals surface area contributed by atoms with Crippen molar-refractivity contribution in [2.75, 3.05) is 0 Å². The van der Waals surface area contributed by atoms with Gasteiger partial charge in [-0.2, -0.15) is 0 Å².